The molecule has 1 aliphatic heterocycles. The number of hydrogen-bond donors (Lipinski definition) is 0. The Bertz CT molecular complexity index is 868. The number of fused-ring (bicyclic) bond motifs is 1. The Morgan fingerprint density at radius 3 is 2.62 bits per heavy atom. The maximum Gasteiger partial charge on any atom is 0.267 e. The van der Waals surface area contributed by atoms with E-state index in [4.69, 9.17) is 9.47 Å². The molecule has 0 spiro atoms. The van der Waals surface area contributed by atoms with E-state index < -0.39 is 6.10 Å². The Labute approximate surface area is 155 Å². The number of carbonyl (C=O) groups is 1. The van der Waals surface area contributed by atoms with Crippen molar-refractivity contribution in [3.05, 3.63) is 76.7 Å². The lowest BCUT2D eigenvalue weighted by Crippen LogP contribution is -2.45. The molecule has 1 amide bonds. The summed E-state index contributed by atoms with van der Waals surface area (Å²) in [5.41, 5.74) is 1.06. The highest BCUT2D eigenvalue weighted by atomic mass is 32.1. The molecule has 4 rings (SSSR count). The van der Waals surface area contributed by atoms with Crippen LogP contribution in [0.1, 0.15) is 10.6 Å². The molecular weight excluding hydrogens is 348 g/mol. The van der Waals surface area contributed by atoms with Crippen molar-refractivity contribution >= 4 is 17.2 Å². The van der Waals surface area contributed by atoms with Crippen molar-refractivity contribution in [3.8, 4) is 11.5 Å². The van der Waals surface area contributed by atoms with Gasteiger partial charge in [0.15, 0.2) is 11.5 Å². The first-order chi connectivity index (χ1) is 12.8. The number of nitrogens with zero attached hydrogens (tertiary/aromatic N) is 2. The van der Waals surface area contributed by atoms with Gasteiger partial charge in [0.05, 0.1) is 6.54 Å². The van der Waals surface area contributed by atoms with Gasteiger partial charge in [0.25, 0.3) is 5.91 Å². The van der Waals surface area contributed by atoms with Gasteiger partial charge in [-0.3, -0.25) is 4.79 Å². The minimum Gasteiger partial charge on any atom is -0.485 e. The molecule has 0 saturated carbocycles. The first kappa shape index (κ1) is 16.6. The maximum absolute atomic E-state index is 13.1. The van der Waals surface area contributed by atoms with Crippen LogP contribution in [0.2, 0.25) is 0 Å². The minimum absolute atomic E-state index is 0.0986. The molecule has 5 nitrogen and oxygen atoms in total. The number of ether oxygens (including phenoxy) is 2. The molecule has 2 heterocycles. The predicted octanol–water partition coefficient (Wildman–Crippen LogP) is 3.51. The lowest BCUT2D eigenvalue weighted by molar-refractivity contribution is -0.142. The van der Waals surface area contributed by atoms with Crippen LogP contribution in [0.15, 0.2) is 66.2 Å². The van der Waals surface area contributed by atoms with Crippen molar-refractivity contribution in [2.75, 3.05) is 6.61 Å². The Kier molecular flexibility index (Phi) is 4.84. The Hall–Kier alpha value is -2.86. The Balaban J connectivity index is 1.54. The van der Waals surface area contributed by atoms with Crippen LogP contribution in [0, 0.1) is 0 Å². The summed E-state index contributed by atoms with van der Waals surface area (Å²) in [6.07, 6.45) is 1.09. The highest BCUT2D eigenvalue weighted by Crippen LogP contribution is 2.31. The van der Waals surface area contributed by atoms with Gasteiger partial charge in [0.2, 0.25) is 6.10 Å². The highest BCUT2D eigenvalue weighted by molar-refractivity contribution is 7.09. The molecule has 2 aromatic carbocycles. The predicted molar refractivity (Wildman–Crippen MR) is 99.2 cm³/mol. The van der Waals surface area contributed by atoms with Gasteiger partial charge >= 0.3 is 0 Å². The van der Waals surface area contributed by atoms with Crippen molar-refractivity contribution < 1.29 is 14.3 Å². The van der Waals surface area contributed by atoms with Crippen molar-refractivity contribution in [3.63, 3.8) is 0 Å². The van der Waals surface area contributed by atoms with Crippen LogP contribution in [0.3, 0.4) is 0 Å². The maximum atomic E-state index is 13.1. The van der Waals surface area contributed by atoms with E-state index in [2.05, 4.69) is 4.98 Å². The fourth-order valence-corrected chi connectivity index (χ4v) is 3.49. The van der Waals surface area contributed by atoms with Crippen molar-refractivity contribution in [2.45, 2.75) is 19.2 Å². The SMILES string of the molecule is O=C([C@H]1COc2ccccc2O1)N(Cc1ccccc1)Cc1nccs1. The second-order valence-corrected chi connectivity index (χ2v) is 6.95. The largest absolute Gasteiger partial charge is 0.485 e. The molecule has 0 unspecified atom stereocenters. The van der Waals surface area contributed by atoms with Gasteiger partial charge in [-0.05, 0) is 17.7 Å². The zero-order valence-electron chi connectivity index (χ0n) is 14.1. The normalized spacial score (nSPS) is 15.5. The summed E-state index contributed by atoms with van der Waals surface area (Å²) in [7, 11) is 0. The molecule has 3 aromatic rings. The molecular formula is C20H18N2O3S. The molecule has 132 valence electrons. The second kappa shape index (κ2) is 7.58. The number of benzene rings is 2. The Morgan fingerprint density at radius 1 is 1.08 bits per heavy atom. The van der Waals surface area contributed by atoms with Crippen LogP contribution < -0.4 is 9.47 Å². The molecule has 26 heavy (non-hydrogen) atoms. The molecule has 1 atom stereocenters. The quantitative estimate of drug-likeness (QED) is 0.693. The number of hydrogen-bond acceptors (Lipinski definition) is 5. The fraction of sp³-hybridized carbons (Fsp3) is 0.200. The molecule has 0 N–H and O–H groups in total. The average Bonchev–Trinajstić information content (AvgIpc) is 3.20. The van der Waals surface area contributed by atoms with E-state index in [1.54, 1.807) is 11.1 Å². The third-order valence-corrected chi connectivity index (χ3v) is 4.89. The molecule has 0 bridgehead atoms. The summed E-state index contributed by atoms with van der Waals surface area (Å²) in [4.78, 5) is 19.2. The fourth-order valence-electron chi connectivity index (χ4n) is 2.85. The number of amides is 1. The van der Waals surface area contributed by atoms with Crippen LogP contribution in [-0.4, -0.2) is 28.5 Å². The van der Waals surface area contributed by atoms with Crippen LogP contribution in [0.5, 0.6) is 11.5 Å². The van der Waals surface area contributed by atoms with Crippen LogP contribution in [0.4, 0.5) is 0 Å². The number of thiazole rings is 1. The lowest BCUT2D eigenvalue weighted by atomic mass is 10.2. The average molecular weight is 366 g/mol. The first-order valence-corrected chi connectivity index (χ1v) is 9.27. The summed E-state index contributed by atoms with van der Waals surface area (Å²) >= 11 is 1.54. The van der Waals surface area contributed by atoms with Gasteiger partial charge in [-0.15, -0.1) is 11.3 Å². The monoisotopic (exact) mass is 366 g/mol. The van der Waals surface area contributed by atoms with Crippen LogP contribution >= 0.6 is 11.3 Å². The summed E-state index contributed by atoms with van der Waals surface area (Å²) in [5.74, 6) is 1.18. The summed E-state index contributed by atoms with van der Waals surface area (Å²) in [5, 5.41) is 2.81. The van der Waals surface area contributed by atoms with Gasteiger partial charge < -0.3 is 14.4 Å². The summed E-state index contributed by atoms with van der Waals surface area (Å²) in [6.45, 7) is 1.16. The molecule has 0 aliphatic carbocycles. The van der Waals surface area contributed by atoms with Gasteiger partial charge in [0, 0.05) is 18.1 Å². The number of para-hydroxylation sites is 2. The lowest BCUT2D eigenvalue weighted by Gasteiger charge is -2.30. The van der Waals surface area contributed by atoms with Crippen molar-refractivity contribution in [1.82, 2.24) is 9.88 Å². The third-order valence-electron chi connectivity index (χ3n) is 4.12. The van der Waals surface area contributed by atoms with Crippen LogP contribution in [0.25, 0.3) is 0 Å². The van der Waals surface area contributed by atoms with E-state index in [-0.39, 0.29) is 12.5 Å². The molecule has 1 aliphatic rings. The number of carbonyl (C=O) groups excluding carboxylic acids is 1. The van der Waals surface area contributed by atoms with E-state index in [9.17, 15) is 4.79 Å². The smallest absolute Gasteiger partial charge is 0.267 e. The zero-order chi connectivity index (χ0) is 17.8. The van der Waals surface area contributed by atoms with Gasteiger partial charge in [-0.2, -0.15) is 0 Å². The summed E-state index contributed by atoms with van der Waals surface area (Å²) in [6, 6.07) is 17.3. The third kappa shape index (κ3) is 3.70. The summed E-state index contributed by atoms with van der Waals surface area (Å²) < 4.78 is 11.6. The Morgan fingerprint density at radius 2 is 1.85 bits per heavy atom. The minimum atomic E-state index is -0.659. The highest BCUT2D eigenvalue weighted by Gasteiger charge is 2.31. The van der Waals surface area contributed by atoms with Gasteiger partial charge in [-0.25, -0.2) is 4.98 Å². The molecule has 6 heteroatoms. The van der Waals surface area contributed by atoms with Gasteiger partial charge in [-0.1, -0.05) is 42.5 Å². The molecule has 0 saturated heterocycles. The molecule has 1 aromatic heterocycles. The van der Waals surface area contributed by atoms with Crippen LogP contribution in [-0.2, 0) is 17.9 Å². The first-order valence-electron chi connectivity index (χ1n) is 8.39. The molecule has 0 radical (unpaired) electrons. The van der Waals surface area contributed by atoms with E-state index in [1.165, 1.54) is 11.3 Å². The topological polar surface area (TPSA) is 51.7 Å². The second-order valence-electron chi connectivity index (χ2n) is 5.97. The number of aromatic nitrogens is 1. The van der Waals surface area contributed by atoms with E-state index in [0.717, 1.165) is 10.6 Å². The van der Waals surface area contributed by atoms with Crippen molar-refractivity contribution in [1.29, 1.82) is 0 Å². The van der Waals surface area contributed by atoms with Crippen molar-refractivity contribution in [2.24, 2.45) is 0 Å². The molecule has 0 fully saturated rings. The zero-order valence-corrected chi connectivity index (χ0v) is 14.9. The van der Waals surface area contributed by atoms with E-state index >= 15 is 0 Å². The van der Waals surface area contributed by atoms with E-state index in [0.29, 0.717) is 24.6 Å². The van der Waals surface area contributed by atoms with E-state index in [1.807, 2.05) is 60.0 Å². The standard InChI is InChI=1S/C20H18N2O3S/c23-20(18-14-24-16-8-4-5-9-17(16)25-18)22(13-19-21-10-11-26-19)12-15-6-2-1-3-7-15/h1-11,18H,12-14H2/t18-/m1/s1. The number of rotatable bonds is 5. The van der Waals surface area contributed by atoms with Gasteiger partial charge in [0.1, 0.15) is 11.6 Å².